The predicted octanol–water partition coefficient (Wildman–Crippen LogP) is 3.25. The van der Waals surface area contributed by atoms with Crippen LogP contribution >= 0.6 is 0 Å². The minimum Gasteiger partial charge on any atom is -0.480 e. The Labute approximate surface area is 193 Å². The smallest absolute Gasteiger partial charge is 0.407 e. The van der Waals surface area contributed by atoms with E-state index in [2.05, 4.69) is 17.4 Å². The van der Waals surface area contributed by atoms with E-state index in [1.165, 1.54) is 12.0 Å². The Hall–Kier alpha value is -3.39. The third-order valence-corrected chi connectivity index (χ3v) is 5.79. The molecule has 2 aromatic rings. The highest BCUT2D eigenvalue weighted by molar-refractivity contribution is 5.85. The molecule has 0 fully saturated rings. The van der Waals surface area contributed by atoms with Gasteiger partial charge in [-0.15, -0.1) is 0 Å². The number of rotatable bonds is 10. The molecule has 0 aromatic heterocycles. The lowest BCUT2D eigenvalue weighted by atomic mass is 9.98. The van der Waals surface area contributed by atoms with Crippen LogP contribution in [0.2, 0.25) is 0 Å². The van der Waals surface area contributed by atoms with Gasteiger partial charge in [0.25, 0.3) is 5.91 Å². The normalized spacial score (nSPS) is 13.2. The molecule has 1 unspecified atom stereocenters. The summed E-state index contributed by atoms with van der Waals surface area (Å²) in [6, 6.07) is 15.9. The number of hydrogen-bond donors (Lipinski definition) is 2. The zero-order valence-electron chi connectivity index (χ0n) is 19.1. The third kappa shape index (κ3) is 5.70. The average Bonchev–Trinajstić information content (AvgIpc) is 3.12. The van der Waals surface area contributed by atoms with Gasteiger partial charge in [0.2, 0.25) is 0 Å². The predicted molar refractivity (Wildman–Crippen MR) is 123 cm³/mol. The van der Waals surface area contributed by atoms with Crippen LogP contribution in [0.3, 0.4) is 0 Å². The van der Waals surface area contributed by atoms with Crippen LogP contribution in [0.15, 0.2) is 48.5 Å². The molecule has 2 N–H and O–H groups in total. The number of nitrogens with one attached hydrogen (secondary N) is 1. The Bertz CT molecular complexity index is 960. The number of carboxylic acid groups (broad SMARTS) is 1. The fourth-order valence-electron chi connectivity index (χ4n) is 4.14. The second kappa shape index (κ2) is 11.0. The zero-order valence-corrected chi connectivity index (χ0v) is 19.1. The van der Waals surface area contributed by atoms with Crippen LogP contribution in [0.5, 0.6) is 0 Å². The molecule has 0 bridgehead atoms. The summed E-state index contributed by atoms with van der Waals surface area (Å²) in [4.78, 5) is 37.3. The Morgan fingerprint density at radius 3 is 2.12 bits per heavy atom. The van der Waals surface area contributed by atoms with E-state index in [1.54, 1.807) is 13.8 Å². The standard InChI is InChI=1S/C25H30N2O6/c1-16(2)27(14-23(28)29)24(30)22(32-3)12-13-26-25(31)33-15-21-19-10-6-4-8-17(19)18-9-5-7-11-20(18)21/h4-11,16,21-22H,12-15H2,1-3H3,(H,26,31)(H,28,29). The van der Waals surface area contributed by atoms with Gasteiger partial charge in [0.05, 0.1) is 0 Å². The number of hydrogen-bond acceptors (Lipinski definition) is 5. The molecule has 0 heterocycles. The lowest BCUT2D eigenvalue weighted by Gasteiger charge is -2.28. The van der Waals surface area contributed by atoms with E-state index < -0.39 is 30.6 Å². The molecule has 0 aliphatic heterocycles. The Morgan fingerprint density at radius 2 is 1.61 bits per heavy atom. The van der Waals surface area contributed by atoms with Crippen LogP contribution in [0, 0.1) is 0 Å². The molecule has 8 heteroatoms. The van der Waals surface area contributed by atoms with Gasteiger partial charge in [0, 0.05) is 32.0 Å². The summed E-state index contributed by atoms with van der Waals surface area (Å²) in [5.74, 6) is -1.56. The number of amides is 2. The van der Waals surface area contributed by atoms with Gasteiger partial charge in [-0.3, -0.25) is 9.59 Å². The van der Waals surface area contributed by atoms with Gasteiger partial charge < -0.3 is 24.8 Å². The van der Waals surface area contributed by atoms with Crippen molar-refractivity contribution in [1.82, 2.24) is 10.2 Å². The molecular weight excluding hydrogens is 424 g/mol. The molecule has 2 amide bonds. The first-order valence-corrected chi connectivity index (χ1v) is 11.0. The summed E-state index contributed by atoms with van der Waals surface area (Å²) >= 11 is 0. The third-order valence-electron chi connectivity index (χ3n) is 5.79. The number of benzene rings is 2. The fourth-order valence-corrected chi connectivity index (χ4v) is 4.14. The monoisotopic (exact) mass is 454 g/mol. The molecule has 2 aromatic carbocycles. The molecule has 0 radical (unpaired) electrons. The molecule has 176 valence electrons. The van der Waals surface area contributed by atoms with E-state index >= 15 is 0 Å². The number of aliphatic carboxylic acids is 1. The first kappa shape index (κ1) is 24.3. The van der Waals surface area contributed by atoms with Crippen LogP contribution in [0.25, 0.3) is 11.1 Å². The Kier molecular flexibility index (Phi) is 8.06. The molecule has 0 saturated heterocycles. The molecule has 1 atom stereocenters. The maximum absolute atomic E-state index is 12.7. The van der Waals surface area contributed by atoms with Gasteiger partial charge in [0.1, 0.15) is 19.3 Å². The summed E-state index contributed by atoms with van der Waals surface area (Å²) in [5, 5.41) is 11.7. The van der Waals surface area contributed by atoms with Crippen LogP contribution in [0.4, 0.5) is 4.79 Å². The van der Waals surface area contributed by atoms with E-state index in [9.17, 15) is 14.4 Å². The zero-order chi connectivity index (χ0) is 24.0. The SMILES string of the molecule is COC(CCNC(=O)OCC1c2ccccc2-c2ccccc21)C(=O)N(CC(=O)O)C(C)C. The van der Waals surface area contributed by atoms with Crippen molar-refractivity contribution in [3.8, 4) is 11.1 Å². The number of alkyl carbamates (subject to hydrolysis) is 1. The molecule has 0 spiro atoms. The Morgan fingerprint density at radius 1 is 1.03 bits per heavy atom. The van der Waals surface area contributed by atoms with E-state index in [4.69, 9.17) is 14.6 Å². The lowest BCUT2D eigenvalue weighted by molar-refractivity contribution is -0.151. The topological polar surface area (TPSA) is 105 Å². The number of nitrogens with zero attached hydrogens (tertiary/aromatic N) is 1. The number of carboxylic acids is 1. The molecule has 1 aliphatic rings. The second-order valence-electron chi connectivity index (χ2n) is 8.22. The summed E-state index contributed by atoms with van der Waals surface area (Å²) in [7, 11) is 1.38. The number of carbonyl (C=O) groups excluding carboxylic acids is 2. The maximum atomic E-state index is 12.7. The van der Waals surface area contributed by atoms with Gasteiger partial charge in [0.15, 0.2) is 0 Å². The van der Waals surface area contributed by atoms with E-state index in [0.29, 0.717) is 0 Å². The number of fused-ring (bicyclic) bond motifs is 3. The first-order valence-electron chi connectivity index (χ1n) is 11.0. The maximum Gasteiger partial charge on any atom is 0.407 e. The molecule has 33 heavy (non-hydrogen) atoms. The number of carbonyl (C=O) groups is 3. The van der Waals surface area contributed by atoms with Gasteiger partial charge in [-0.25, -0.2) is 4.79 Å². The largest absolute Gasteiger partial charge is 0.480 e. The van der Waals surface area contributed by atoms with E-state index in [1.807, 2.05) is 36.4 Å². The van der Waals surface area contributed by atoms with Crippen molar-refractivity contribution in [3.63, 3.8) is 0 Å². The summed E-state index contributed by atoms with van der Waals surface area (Å²) in [6.07, 6.45) is -1.24. The number of methoxy groups -OCH3 is 1. The van der Waals surface area contributed by atoms with Gasteiger partial charge in [-0.1, -0.05) is 48.5 Å². The quantitative estimate of drug-likeness (QED) is 0.571. The van der Waals surface area contributed by atoms with Gasteiger partial charge in [-0.2, -0.15) is 0 Å². The second-order valence-corrected chi connectivity index (χ2v) is 8.22. The molecular formula is C25H30N2O6. The van der Waals surface area contributed by atoms with Crippen molar-refractivity contribution in [1.29, 1.82) is 0 Å². The lowest BCUT2D eigenvalue weighted by Crippen LogP contribution is -2.47. The van der Waals surface area contributed by atoms with Crippen molar-refractivity contribution >= 4 is 18.0 Å². The van der Waals surface area contributed by atoms with Crippen LogP contribution in [0.1, 0.15) is 37.3 Å². The van der Waals surface area contributed by atoms with Crippen molar-refractivity contribution in [2.75, 3.05) is 26.8 Å². The van der Waals surface area contributed by atoms with Crippen molar-refractivity contribution < 1.29 is 29.0 Å². The Balaban J connectivity index is 1.53. The highest BCUT2D eigenvalue weighted by atomic mass is 16.5. The van der Waals surface area contributed by atoms with E-state index in [-0.39, 0.29) is 31.5 Å². The molecule has 3 rings (SSSR count). The van der Waals surface area contributed by atoms with Gasteiger partial charge in [-0.05, 0) is 36.1 Å². The minimum absolute atomic E-state index is 0.0351. The van der Waals surface area contributed by atoms with Gasteiger partial charge >= 0.3 is 12.1 Å². The first-order chi connectivity index (χ1) is 15.8. The minimum atomic E-state index is -1.09. The average molecular weight is 455 g/mol. The molecule has 0 saturated carbocycles. The summed E-state index contributed by atoms with van der Waals surface area (Å²) < 4.78 is 10.7. The van der Waals surface area contributed by atoms with Crippen LogP contribution in [-0.4, -0.2) is 66.9 Å². The van der Waals surface area contributed by atoms with Crippen molar-refractivity contribution in [2.45, 2.75) is 38.3 Å². The highest BCUT2D eigenvalue weighted by Crippen LogP contribution is 2.44. The fraction of sp³-hybridized carbons (Fsp3) is 0.400. The van der Waals surface area contributed by atoms with E-state index in [0.717, 1.165) is 22.3 Å². The summed E-state index contributed by atoms with van der Waals surface area (Å²) in [6.45, 7) is 3.42. The van der Waals surface area contributed by atoms with Crippen LogP contribution in [-0.2, 0) is 19.1 Å². The van der Waals surface area contributed by atoms with Crippen molar-refractivity contribution in [3.05, 3.63) is 59.7 Å². The van der Waals surface area contributed by atoms with Crippen molar-refractivity contribution in [2.24, 2.45) is 0 Å². The number of ether oxygens (including phenoxy) is 2. The molecule has 1 aliphatic carbocycles. The highest BCUT2D eigenvalue weighted by Gasteiger charge is 2.30. The van der Waals surface area contributed by atoms with Crippen LogP contribution < -0.4 is 5.32 Å². The summed E-state index contributed by atoms with van der Waals surface area (Å²) in [5.41, 5.74) is 4.56. The molecule has 8 nitrogen and oxygen atoms in total.